The summed E-state index contributed by atoms with van der Waals surface area (Å²) in [6, 6.07) is 21.6. The van der Waals surface area contributed by atoms with E-state index < -0.39 is 0 Å². The SMILES string of the molecule is COc1ccc(-c2n[nH]c(CNC(=O)CCCOc3cccc4ccccc34)n2)cc1. The molecule has 158 valence electrons. The number of aromatic amines is 1. The number of fused-ring (bicyclic) bond motifs is 1. The number of amides is 1. The molecular formula is C24H24N4O3. The Morgan fingerprint density at radius 2 is 1.84 bits per heavy atom. The highest BCUT2D eigenvalue weighted by molar-refractivity contribution is 5.88. The van der Waals surface area contributed by atoms with Gasteiger partial charge in [-0.25, -0.2) is 4.98 Å². The summed E-state index contributed by atoms with van der Waals surface area (Å²) in [6.45, 7) is 0.775. The number of benzene rings is 3. The van der Waals surface area contributed by atoms with Gasteiger partial charge in [-0.3, -0.25) is 9.89 Å². The number of rotatable bonds is 9. The lowest BCUT2D eigenvalue weighted by atomic mass is 10.1. The predicted octanol–water partition coefficient (Wildman–Crippen LogP) is 4.11. The third-order valence-corrected chi connectivity index (χ3v) is 4.89. The van der Waals surface area contributed by atoms with Crippen molar-refractivity contribution in [3.63, 3.8) is 0 Å². The zero-order chi connectivity index (χ0) is 21.5. The van der Waals surface area contributed by atoms with Crippen molar-refractivity contribution < 1.29 is 14.3 Å². The molecule has 0 spiro atoms. The number of carbonyl (C=O) groups excluding carboxylic acids is 1. The number of nitrogens with zero attached hydrogens (tertiary/aromatic N) is 2. The molecule has 3 aromatic carbocycles. The summed E-state index contributed by atoms with van der Waals surface area (Å²) in [5, 5.41) is 12.1. The molecule has 0 saturated heterocycles. The van der Waals surface area contributed by atoms with Gasteiger partial charge in [0.25, 0.3) is 0 Å². The molecular weight excluding hydrogens is 392 g/mol. The van der Waals surface area contributed by atoms with Gasteiger partial charge in [-0.2, -0.15) is 5.10 Å². The number of methoxy groups -OCH3 is 1. The van der Waals surface area contributed by atoms with Gasteiger partial charge in [0, 0.05) is 17.4 Å². The van der Waals surface area contributed by atoms with Gasteiger partial charge in [0.2, 0.25) is 5.91 Å². The Hall–Kier alpha value is -3.87. The number of carbonyl (C=O) groups is 1. The second-order valence-electron chi connectivity index (χ2n) is 7.04. The van der Waals surface area contributed by atoms with Crippen LogP contribution in [0, 0.1) is 0 Å². The third-order valence-electron chi connectivity index (χ3n) is 4.89. The summed E-state index contributed by atoms with van der Waals surface area (Å²) in [6.07, 6.45) is 1.01. The molecule has 0 saturated carbocycles. The Morgan fingerprint density at radius 1 is 1.03 bits per heavy atom. The maximum absolute atomic E-state index is 12.1. The van der Waals surface area contributed by atoms with Crippen molar-refractivity contribution in [1.29, 1.82) is 0 Å². The van der Waals surface area contributed by atoms with Crippen LogP contribution >= 0.6 is 0 Å². The number of hydrogen-bond donors (Lipinski definition) is 2. The van der Waals surface area contributed by atoms with Crippen LogP contribution in [0.4, 0.5) is 0 Å². The predicted molar refractivity (Wildman–Crippen MR) is 119 cm³/mol. The monoisotopic (exact) mass is 416 g/mol. The zero-order valence-corrected chi connectivity index (χ0v) is 17.3. The Kier molecular flexibility index (Phi) is 6.42. The highest BCUT2D eigenvalue weighted by atomic mass is 16.5. The van der Waals surface area contributed by atoms with E-state index in [1.807, 2.05) is 54.6 Å². The molecule has 31 heavy (non-hydrogen) atoms. The molecule has 0 aliphatic carbocycles. The molecule has 4 rings (SSSR count). The second kappa shape index (κ2) is 9.75. The summed E-state index contributed by atoms with van der Waals surface area (Å²) in [5.41, 5.74) is 0.875. The van der Waals surface area contributed by atoms with E-state index in [0.717, 1.165) is 27.8 Å². The van der Waals surface area contributed by atoms with Crippen LogP contribution in [0.2, 0.25) is 0 Å². The van der Waals surface area contributed by atoms with Crippen molar-refractivity contribution in [3.8, 4) is 22.9 Å². The fourth-order valence-corrected chi connectivity index (χ4v) is 3.25. The first kappa shape index (κ1) is 20.4. The molecule has 4 aromatic rings. The minimum atomic E-state index is -0.0519. The molecule has 2 N–H and O–H groups in total. The van der Waals surface area contributed by atoms with Gasteiger partial charge in [0.15, 0.2) is 5.82 Å². The minimum Gasteiger partial charge on any atom is -0.497 e. The number of hydrogen-bond acceptors (Lipinski definition) is 5. The smallest absolute Gasteiger partial charge is 0.220 e. The van der Waals surface area contributed by atoms with Crippen LogP contribution in [0.3, 0.4) is 0 Å². The van der Waals surface area contributed by atoms with Gasteiger partial charge in [-0.1, -0.05) is 36.4 Å². The number of ether oxygens (including phenoxy) is 2. The Bertz CT molecular complexity index is 1150. The number of nitrogens with one attached hydrogen (secondary N) is 2. The van der Waals surface area contributed by atoms with Gasteiger partial charge in [0.1, 0.15) is 17.3 Å². The fourth-order valence-electron chi connectivity index (χ4n) is 3.25. The Balaban J connectivity index is 1.21. The lowest BCUT2D eigenvalue weighted by Crippen LogP contribution is -2.23. The fraction of sp³-hybridized carbons (Fsp3) is 0.208. The molecule has 7 nitrogen and oxygen atoms in total. The lowest BCUT2D eigenvalue weighted by Gasteiger charge is -2.09. The molecule has 0 atom stereocenters. The lowest BCUT2D eigenvalue weighted by molar-refractivity contribution is -0.121. The van der Waals surface area contributed by atoms with Crippen LogP contribution < -0.4 is 14.8 Å². The first-order valence-electron chi connectivity index (χ1n) is 10.2. The van der Waals surface area contributed by atoms with Crippen molar-refractivity contribution in [2.75, 3.05) is 13.7 Å². The molecule has 1 aromatic heterocycles. The summed E-state index contributed by atoms with van der Waals surface area (Å²) in [7, 11) is 1.62. The summed E-state index contributed by atoms with van der Waals surface area (Å²) in [5.74, 6) is 2.74. The van der Waals surface area contributed by atoms with Gasteiger partial charge in [-0.05, 0) is 42.1 Å². The van der Waals surface area contributed by atoms with Gasteiger partial charge in [0.05, 0.1) is 20.3 Å². The van der Waals surface area contributed by atoms with Crippen molar-refractivity contribution in [1.82, 2.24) is 20.5 Å². The highest BCUT2D eigenvalue weighted by Crippen LogP contribution is 2.25. The van der Waals surface area contributed by atoms with E-state index >= 15 is 0 Å². The van der Waals surface area contributed by atoms with E-state index in [-0.39, 0.29) is 5.91 Å². The normalized spacial score (nSPS) is 10.7. The molecule has 0 aliphatic heterocycles. The van der Waals surface area contributed by atoms with Gasteiger partial charge >= 0.3 is 0 Å². The maximum Gasteiger partial charge on any atom is 0.220 e. The van der Waals surface area contributed by atoms with Gasteiger partial charge < -0.3 is 14.8 Å². The molecule has 0 bridgehead atoms. The average Bonchev–Trinajstić information content (AvgIpc) is 3.30. The largest absolute Gasteiger partial charge is 0.497 e. The van der Waals surface area contributed by atoms with E-state index in [1.165, 1.54) is 0 Å². The Labute approximate surface area is 180 Å². The minimum absolute atomic E-state index is 0.0519. The zero-order valence-electron chi connectivity index (χ0n) is 17.3. The van der Waals surface area contributed by atoms with Crippen molar-refractivity contribution >= 4 is 16.7 Å². The first-order valence-corrected chi connectivity index (χ1v) is 10.2. The van der Waals surface area contributed by atoms with Crippen LogP contribution in [-0.4, -0.2) is 34.8 Å². The summed E-state index contributed by atoms with van der Waals surface area (Å²) >= 11 is 0. The topological polar surface area (TPSA) is 89.1 Å². The van der Waals surface area contributed by atoms with E-state index in [1.54, 1.807) is 7.11 Å². The molecule has 1 amide bonds. The van der Waals surface area contributed by atoms with E-state index in [9.17, 15) is 4.79 Å². The molecule has 1 heterocycles. The van der Waals surface area contributed by atoms with Crippen LogP contribution in [0.25, 0.3) is 22.2 Å². The van der Waals surface area contributed by atoms with E-state index in [4.69, 9.17) is 9.47 Å². The molecule has 0 radical (unpaired) electrons. The average molecular weight is 416 g/mol. The maximum atomic E-state index is 12.1. The third kappa shape index (κ3) is 5.19. The molecule has 0 aliphatic rings. The molecule has 7 heteroatoms. The second-order valence-corrected chi connectivity index (χ2v) is 7.04. The summed E-state index contributed by atoms with van der Waals surface area (Å²) < 4.78 is 11.0. The first-order chi connectivity index (χ1) is 15.2. The number of aromatic nitrogens is 3. The number of H-pyrrole nitrogens is 1. The van der Waals surface area contributed by atoms with Crippen LogP contribution in [0.1, 0.15) is 18.7 Å². The highest BCUT2D eigenvalue weighted by Gasteiger charge is 2.08. The van der Waals surface area contributed by atoms with Crippen LogP contribution in [0.5, 0.6) is 11.5 Å². The van der Waals surface area contributed by atoms with Crippen molar-refractivity contribution in [3.05, 3.63) is 72.6 Å². The van der Waals surface area contributed by atoms with Gasteiger partial charge in [-0.15, -0.1) is 0 Å². The van der Waals surface area contributed by atoms with Crippen LogP contribution in [-0.2, 0) is 11.3 Å². The van der Waals surface area contributed by atoms with E-state index in [0.29, 0.717) is 37.6 Å². The quantitative estimate of drug-likeness (QED) is 0.401. The van der Waals surface area contributed by atoms with Crippen molar-refractivity contribution in [2.24, 2.45) is 0 Å². The molecule has 0 fully saturated rings. The molecule has 0 unspecified atom stereocenters. The Morgan fingerprint density at radius 3 is 2.68 bits per heavy atom. The standard InChI is InChI=1S/C24H24N4O3/c1-30-19-13-11-18(12-14-19)24-26-22(27-28-24)16-25-23(29)10-5-15-31-21-9-4-7-17-6-2-3-8-20(17)21/h2-4,6-9,11-14H,5,10,15-16H2,1H3,(H,25,29)(H,26,27,28). The van der Waals surface area contributed by atoms with Crippen molar-refractivity contribution in [2.45, 2.75) is 19.4 Å². The van der Waals surface area contributed by atoms with Crippen LogP contribution in [0.15, 0.2) is 66.7 Å². The van der Waals surface area contributed by atoms with E-state index in [2.05, 4.69) is 32.6 Å². The summed E-state index contributed by atoms with van der Waals surface area (Å²) in [4.78, 5) is 16.6.